The number of Topliss-reactive ketones (excluding diaryl/α,β-unsaturated/α-hetero) is 1. The highest BCUT2D eigenvalue weighted by Gasteiger charge is 2.35. The number of benzene rings is 1. The number of carbonyl (C=O) groups is 1. The lowest BCUT2D eigenvalue weighted by atomic mass is 10.0. The van der Waals surface area contributed by atoms with E-state index >= 15 is 0 Å². The van der Waals surface area contributed by atoms with Crippen LogP contribution in [-0.4, -0.2) is 10.4 Å². The van der Waals surface area contributed by atoms with Crippen molar-refractivity contribution in [3.63, 3.8) is 0 Å². The molecular formula is C14H14BrF3N2O. The van der Waals surface area contributed by atoms with Crippen molar-refractivity contribution < 1.29 is 39.5 Å². The second kappa shape index (κ2) is 6.43. The molecule has 0 N–H and O–H groups in total. The van der Waals surface area contributed by atoms with Gasteiger partial charge >= 0.3 is 6.18 Å². The van der Waals surface area contributed by atoms with Crippen LogP contribution in [0.5, 0.6) is 0 Å². The minimum atomic E-state index is -4.53. The van der Waals surface area contributed by atoms with Gasteiger partial charge in [-0.15, -0.1) is 0 Å². The van der Waals surface area contributed by atoms with E-state index in [1.54, 1.807) is 35.5 Å². The van der Waals surface area contributed by atoms with Crippen molar-refractivity contribution in [2.75, 3.05) is 0 Å². The number of carbonyl (C=O) groups excluding carboxylic acids is 1. The summed E-state index contributed by atoms with van der Waals surface area (Å²) in [7, 11) is 1.81. The number of nitrogens with zero attached hydrogens (tertiary/aromatic N) is 2. The lowest BCUT2D eigenvalue weighted by Gasteiger charge is -2.11. The lowest BCUT2D eigenvalue weighted by Crippen LogP contribution is -3.00. The third-order valence-electron chi connectivity index (χ3n) is 3.24. The maximum Gasteiger partial charge on any atom is 0.417 e. The first-order valence-corrected chi connectivity index (χ1v) is 6.01. The molecule has 0 saturated heterocycles. The Balaban J connectivity index is 0.00000220. The normalized spacial score (nSPS) is 11.1. The first kappa shape index (κ1) is 17.4. The van der Waals surface area contributed by atoms with Gasteiger partial charge in [-0.05, 0) is 6.07 Å². The number of rotatable bonds is 3. The van der Waals surface area contributed by atoms with Crippen LogP contribution in [0.15, 0.2) is 36.7 Å². The first-order valence-electron chi connectivity index (χ1n) is 6.01. The molecule has 0 radical (unpaired) electrons. The molecule has 1 aromatic carbocycles. The average molecular weight is 363 g/mol. The van der Waals surface area contributed by atoms with Crippen LogP contribution in [0.25, 0.3) is 0 Å². The van der Waals surface area contributed by atoms with Crippen LogP contribution in [0.4, 0.5) is 13.2 Å². The van der Waals surface area contributed by atoms with Gasteiger partial charge in [-0.2, -0.15) is 13.2 Å². The van der Waals surface area contributed by atoms with Gasteiger partial charge in [0, 0.05) is 12.5 Å². The van der Waals surface area contributed by atoms with Gasteiger partial charge in [0.05, 0.1) is 12.6 Å². The molecular weight excluding hydrogens is 349 g/mol. The molecule has 0 aliphatic rings. The van der Waals surface area contributed by atoms with Crippen molar-refractivity contribution in [3.05, 3.63) is 53.6 Å². The van der Waals surface area contributed by atoms with E-state index in [2.05, 4.69) is 0 Å². The summed E-state index contributed by atoms with van der Waals surface area (Å²) in [6, 6.07) is 4.85. The molecule has 0 saturated carbocycles. The van der Waals surface area contributed by atoms with E-state index in [1.165, 1.54) is 18.2 Å². The maximum absolute atomic E-state index is 12.9. The number of imidazole rings is 1. The van der Waals surface area contributed by atoms with Gasteiger partial charge in [0.2, 0.25) is 5.78 Å². The van der Waals surface area contributed by atoms with E-state index < -0.39 is 17.5 Å². The molecule has 1 aromatic heterocycles. The molecule has 0 atom stereocenters. The van der Waals surface area contributed by atoms with E-state index in [0.29, 0.717) is 0 Å². The Labute approximate surface area is 130 Å². The van der Waals surface area contributed by atoms with E-state index in [0.717, 1.165) is 11.9 Å². The molecule has 0 fully saturated rings. The lowest BCUT2D eigenvalue weighted by molar-refractivity contribution is -0.677. The van der Waals surface area contributed by atoms with Crippen molar-refractivity contribution in [1.29, 1.82) is 0 Å². The fourth-order valence-corrected chi connectivity index (χ4v) is 1.98. The third kappa shape index (κ3) is 3.72. The van der Waals surface area contributed by atoms with E-state index in [-0.39, 0.29) is 29.1 Å². The van der Waals surface area contributed by atoms with Gasteiger partial charge in [0.25, 0.3) is 5.82 Å². The van der Waals surface area contributed by atoms with Gasteiger partial charge in [-0.25, -0.2) is 9.13 Å². The molecule has 21 heavy (non-hydrogen) atoms. The molecule has 114 valence electrons. The molecule has 0 amide bonds. The summed E-state index contributed by atoms with van der Waals surface area (Å²) in [5.74, 6) is 0.236. The zero-order valence-corrected chi connectivity index (χ0v) is 13.1. The summed E-state index contributed by atoms with van der Waals surface area (Å²) in [6.07, 6.45) is -1.11. The minimum Gasteiger partial charge on any atom is -1.00 e. The zero-order chi connectivity index (χ0) is 14.9. The van der Waals surface area contributed by atoms with Crippen LogP contribution in [0.2, 0.25) is 0 Å². The van der Waals surface area contributed by atoms with Crippen molar-refractivity contribution in [2.24, 2.45) is 7.05 Å². The Kier molecular flexibility index (Phi) is 5.33. The van der Waals surface area contributed by atoms with Gasteiger partial charge < -0.3 is 17.0 Å². The van der Waals surface area contributed by atoms with Crippen molar-refractivity contribution in [3.8, 4) is 0 Å². The van der Waals surface area contributed by atoms with Crippen LogP contribution < -0.4 is 21.5 Å². The van der Waals surface area contributed by atoms with Crippen molar-refractivity contribution in [2.45, 2.75) is 19.6 Å². The molecule has 0 spiro atoms. The summed E-state index contributed by atoms with van der Waals surface area (Å²) in [5, 5.41) is 0. The Hall–Kier alpha value is -1.63. The monoisotopic (exact) mass is 362 g/mol. The second-order valence-corrected chi connectivity index (χ2v) is 4.55. The third-order valence-corrected chi connectivity index (χ3v) is 3.24. The first-order chi connectivity index (χ1) is 9.30. The molecule has 0 aliphatic carbocycles. The smallest absolute Gasteiger partial charge is 0.417 e. The Morgan fingerprint density at radius 3 is 2.43 bits per heavy atom. The van der Waals surface area contributed by atoms with Crippen LogP contribution in [0, 0.1) is 6.92 Å². The number of ketones is 1. The molecule has 1 heterocycles. The van der Waals surface area contributed by atoms with Gasteiger partial charge in [-0.3, -0.25) is 4.79 Å². The molecule has 3 nitrogen and oxygen atoms in total. The van der Waals surface area contributed by atoms with Crippen LogP contribution in [0.1, 0.15) is 21.7 Å². The zero-order valence-electron chi connectivity index (χ0n) is 11.5. The Bertz CT molecular complexity index is 650. The van der Waals surface area contributed by atoms with Crippen molar-refractivity contribution >= 4 is 5.78 Å². The van der Waals surface area contributed by atoms with E-state index in [1.807, 2.05) is 0 Å². The topological polar surface area (TPSA) is 25.9 Å². The number of aryl methyl sites for hydroxylation is 1. The second-order valence-electron chi connectivity index (χ2n) is 4.55. The molecule has 0 aliphatic heterocycles. The molecule has 7 heteroatoms. The fourth-order valence-electron chi connectivity index (χ4n) is 1.98. The molecule has 0 bridgehead atoms. The highest BCUT2D eigenvalue weighted by Crippen LogP contribution is 2.32. The standard InChI is InChI=1S/C14H14F3N2O.BrH/c1-10-18(2)7-8-19(10)9-13(20)11-5-3-4-6-12(11)14(15,16)17;/h3-8H,9H2,1-2H3;1H/q+1;/p-1. The fraction of sp³-hybridized carbons (Fsp3) is 0.286. The van der Waals surface area contributed by atoms with Gasteiger partial charge in [-0.1, -0.05) is 18.2 Å². The largest absolute Gasteiger partial charge is 1.00 e. The van der Waals surface area contributed by atoms with Crippen LogP contribution >= 0.6 is 0 Å². The number of aromatic nitrogens is 2. The predicted molar refractivity (Wildman–Crippen MR) is 66.1 cm³/mol. The predicted octanol–water partition coefficient (Wildman–Crippen LogP) is -0.473. The highest BCUT2D eigenvalue weighted by molar-refractivity contribution is 5.97. The number of hydrogen-bond acceptors (Lipinski definition) is 1. The summed E-state index contributed by atoms with van der Waals surface area (Å²) in [5.41, 5.74) is -1.19. The summed E-state index contributed by atoms with van der Waals surface area (Å²) >= 11 is 0. The molecule has 0 unspecified atom stereocenters. The van der Waals surface area contributed by atoms with Crippen molar-refractivity contribution in [1.82, 2.24) is 4.57 Å². The SMILES string of the molecule is Cc1n(CC(=O)c2ccccc2C(F)(F)F)cc[n+]1C.[Br-]. The Morgan fingerprint density at radius 1 is 1.29 bits per heavy atom. The molecule has 2 rings (SSSR count). The summed E-state index contributed by atoms with van der Waals surface area (Å²) in [6.45, 7) is 1.68. The van der Waals surface area contributed by atoms with Gasteiger partial charge in [0.1, 0.15) is 12.4 Å². The summed E-state index contributed by atoms with van der Waals surface area (Å²) in [4.78, 5) is 12.1. The number of hydrogen-bond donors (Lipinski definition) is 0. The maximum atomic E-state index is 12.9. The average Bonchev–Trinajstić information content (AvgIpc) is 2.70. The van der Waals surface area contributed by atoms with Gasteiger partial charge in [0.15, 0.2) is 6.54 Å². The minimum absolute atomic E-state index is 0. The molecule has 2 aromatic rings. The number of halogens is 4. The highest BCUT2D eigenvalue weighted by atomic mass is 79.9. The van der Waals surface area contributed by atoms with Crippen LogP contribution in [0.3, 0.4) is 0 Å². The van der Waals surface area contributed by atoms with E-state index in [4.69, 9.17) is 0 Å². The summed E-state index contributed by atoms with van der Waals surface area (Å²) < 4.78 is 42.0. The van der Waals surface area contributed by atoms with Crippen LogP contribution in [-0.2, 0) is 19.8 Å². The number of alkyl halides is 3. The Morgan fingerprint density at radius 2 is 1.90 bits per heavy atom. The van der Waals surface area contributed by atoms with E-state index in [9.17, 15) is 18.0 Å². The quantitative estimate of drug-likeness (QED) is 0.535.